The maximum Gasteiger partial charge on any atom is 0.278 e. The summed E-state index contributed by atoms with van der Waals surface area (Å²) in [6.07, 6.45) is 0. The topological polar surface area (TPSA) is 54.9 Å². The summed E-state index contributed by atoms with van der Waals surface area (Å²) in [4.78, 5) is 12.3. The number of halogens is 1. The molecule has 0 heterocycles. The Morgan fingerprint density at radius 2 is 1.92 bits per heavy atom. The van der Waals surface area contributed by atoms with E-state index in [-0.39, 0.29) is 18.0 Å². The lowest BCUT2D eigenvalue weighted by Gasteiger charge is -2.17. The Labute approximate surface area is 148 Å². The van der Waals surface area contributed by atoms with Gasteiger partial charge in [0, 0.05) is 17.1 Å². The molecule has 0 aliphatic rings. The summed E-state index contributed by atoms with van der Waals surface area (Å²) >= 11 is 6.03. The Morgan fingerprint density at radius 3 is 2.54 bits per heavy atom. The highest BCUT2D eigenvalue weighted by Crippen LogP contribution is 2.15. The van der Waals surface area contributed by atoms with Crippen LogP contribution >= 0.6 is 11.6 Å². The summed E-state index contributed by atoms with van der Waals surface area (Å²) in [5.41, 5.74) is 2.15. The minimum atomic E-state index is -0.183. The fourth-order valence-electron chi connectivity index (χ4n) is 2.51. The SMILES string of the molecule is COc1ccc(CNC(=O)[C@@H](C)[NH2+][C@@H](C)c2cccc(Cl)c2)cc1. The predicted molar refractivity (Wildman–Crippen MR) is 96.1 cm³/mol. The van der Waals surface area contributed by atoms with Crippen molar-refractivity contribution in [1.29, 1.82) is 0 Å². The van der Waals surface area contributed by atoms with Crippen molar-refractivity contribution < 1.29 is 14.8 Å². The van der Waals surface area contributed by atoms with Gasteiger partial charge in [0.25, 0.3) is 5.91 Å². The molecule has 0 fully saturated rings. The second-order valence-electron chi connectivity index (χ2n) is 5.89. The summed E-state index contributed by atoms with van der Waals surface area (Å²) in [5.74, 6) is 0.821. The summed E-state index contributed by atoms with van der Waals surface area (Å²) in [6.45, 7) is 4.48. The minimum absolute atomic E-state index is 0.0136. The van der Waals surface area contributed by atoms with Gasteiger partial charge in [0.05, 0.1) is 7.11 Å². The van der Waals surface area contributed by atoms with Crippen LogP contribution in [0.3, 0.4) is 0 Å². The molecule has 2 rings (SSSR count). The Morgan fingerprint density at radius 1 is 1.21 bits per heavy atom. The number of ether oxygens (including phenoxy) is 1. The van der Waals surface area contributed by atoms with E-state index in [1.165, 1.54) is 0 Å². The number of carbonyl (C=O) groups excluding carboxylic acids is 1. The van der Waals surface area contributed by atoms with Crippen LogP contribution in [-0.4, -0.2) is 19.1 Å². The van der Waals surface area contributed by atoms with Crippen molar-refractivity contribution >= 4 is 17.5 Å². The van der Waals surface area contributed by atoms with Crippen LogP contribution in [0.2, 0.25) is 5.02 Å². The van der Waals surface area contributed by atoms with E-state index >= 15 is 0 Å². The van der Waals surface area contributed by atoms with Crippen molar-refractivity contribution in [2.24, 2.45) is 0 Å². The molecule has 4 nitrogen and oxygen atoms in total. The normalized spacial score (nSPS) is 13.2. The van der Waals surface area contributed by atoms with E-state index in [1.807, 2.05) is 60.8 Å². The molecule has 0 spiro atoms. The highest BCUT2D eigenvalue weighted by Gasteiger charge is 2.20. The van der Waals surface area contributed by atoms with Gasteiger partial charge in [-0.3, -0.25) is 4.79 Å². The van der Waals surface area contributed by atoms with Crippen molar-refractivity contribution in [3.8, 4) is 5.75 Å². The number of rotatable bonds is 7. The summed E-state index contributed by atoms with van der Waals surface area (Å²) in [7, 11) is 1.63. The molecule has 0 aliphatic carbocycles. The molecule has 0 radical (unpaired) electrons. The monoisotopic (exact) mass is 347 g/mol. The molecule has 2 atom stereocenters. The van der Waals surface area contributed by atoms with E-state index in [9.17, 15) is 4.79 Å². The Hall–Kier alpha value is -2.04. The molecular formula is C19H24ClN2O2+. The average Bonchev–Trinajstić information content (AvgIpc) is 2.60. The summed E-state index contributed by atoms with van der Waals surface area (Å²) < 4.78 is 5.13. The van der Waals surface area contributed by atoms with Gasteiger partial charge in [-0.2, -0.15) is 0 Å². The summed E-state index contributed by atoms with van der Waals surface area (Å²) in [5, 5.41) is 5.72. The van der Waals surface area contributed by atoms with Crippen LogP contribution < -0.4 is 15.4 Å². The van der Waals surface area contributed by atoms with E-state index in [4.69, 9.17) is 16.3 Å². The number of carbonyl (C=O) groups is 1. The Kier molecular flexibility index (Phi) is 6.64. The molecule has 0 saturated carbocycles. The smallest absolute Gasteiger partial charge is 0.278 e. The molecule has 2 aromatic carbocycles. The van der Waals surface area contributed by atoms with Gasteiger partial charge in [-0.1, -0.05) is 35.9 Å². The van der Waals surface area contributed by atoms with Gasteiger partial charge in [0.1, 0.15) is 11.8 Å². The number of amides is 1. The number of nitrogens with two attached hydrogens (primary N) is 1. The fourth-order valence-corrected chi connectivity index (χ4v) is 2.71. The fraction of sp³-hybridized carbons (Fsp3) is 0.316. The lowest BCUT2D eigenvalue weighted by Crippen LogP contribution is -2.92. The lowest BCUT2D eigenvalue weighted by atomic mass is 10.1. The van der Waals surface area contributed by atoms with Crippen LogP contribution in [0.1, 0.15) is 31.0 Å². The molecule has 0 bridgehead atoms. The maximum atomic E-state index is 12.3. The molecule has 1 amide bonds. The van der Waals surface area contributed by atoms with Gasteiger partial charge in [-0.15, -0.1) is 0 Å². The van der Waals surface area contributed by atoms with E-state index in [1.54, 1.807) is 7.11 Å². The molecule has 2 aromatic rings. The van der Waals surface area contributed by atoms with Crippen molar-refractivity contribution in [3.05, 3.63) is 64.7 Å². The molecule has 128 valence electrons. The van der Waals surface area contributed by atoms with E-state index < -0.39 is 0 Å². The standard InChI is InChI=1S/C19H23ClN2O2/c1-13(16-5-4-6-17(20)11-16)22-14(2)19(23)21-12-15-7-9-18(24-3)10-8-15/h4-11,13-14,22H,12H2,1-3H3,(H,21,23)/p+1/t13-,14+/m0/s1. The molecule has 3 N–H and O–H groups in total. The molecule has 5 heteroatoms. The van der Waals surface area contributed by atoms with Gasteiger partial charge >= 0.3 is 0 Å². The zero-order valence-corrected chi connectivity index (χ0v) is 15.0. The average molecular weight is 348 g/mol. The van der Waals surface area contributed by atoms with E-state index in [2.05, 4.69) is 12.2 Å². The molecule has 0 aromatic heterocycles. The van der Waals surface area contributed by atoms with Crippen LogP contribution in [0.5, 0.6) is 5.75 Å². The molecule has 0 saturated heterocycles. The molecule has 0 unspecified atom stereocenters. The van der Waals surface area contributed by atoms with E-state index in [0.717, 1.165) is 16.9 Å². The Bertz CT molecular complexity index is 673. The predicted octanol–water partition coefficient (Wildman–Crippen LogP) is 2.68. The zero-order chi connectivity index (χ0) is 17.5. The van der Waals surface area contributed by atoms with Crippen molar-refractivity contribution in [3.63, 3.8) is 0 Å². The zero-order valence-electron chi connectivity index (χ0n) is 14.3. The van der Waals surface area contributed by atoms with Crippen LogP contribution in [0, 0.1) is 0 Å². The lowest BCUT2D eigenvalue weighted by molar-refractivity contribution is -0.710. The van der Waals surface area contributed by atoms with Crippen molar-refractivity contribution in [2.75, 3.05) is 7.11 Å². The van der Waals surface area contributed by atoms with E-state index in [0.29, 0.717) is 11.6 Å². The molecular weight excluding hydrogens is 324 g/mol. The van der Waals surface area contributed by atoms with Gasteiger partial charge in [0.15, 0.2) is 6.04 Å². The first kappa shape index (κ1) is 18.3. The number of quaternary nitrogens is 1. The number of benzene rings is 2. The highest BCUT2D eigenvalue weighted by atomic mass is 35.5. The van der Waals surface area contributed by atoms with Crippen molar-refractivity contribution in [2.45, 2.75) is 32.5 Å². The highest BCUT2D eigenvalue weighted by molar-refractivity contribution is 6.30. The second-order valence-corrected chi connectivity index (χ2v) is 6.33. The van der Waals surface area contributed by atoms with Gasteiger partial charge < -0.3 is 15.4 Å². The Balaban J connectivity index is 1.85. The van der Waals surface area contributed by atoms with Gasteiger partial charge in [0.2, 0.25) is 0 Å². The quantitative estimate of drug-likeness (QED) is 0.809. The second kappa shape index (κ2) is 8.71. The number of hydrogen-bond acceptors (Lipinski definition) is 2. The number of methoxy groups -OCH3 is 1. The van der Waals surface area contributed by atoms with Gasteiger partial charge in [-0.05, 0) is 43.7 Å². The first-order valence-corrected chi connectivity index (χ1v) is 8.38. The first-order valence-electron chi connectivity index (χ1n) is 8.00. The van der Waals surface area contributed by atoms with Crippen molar-refractivity contribution in [1.82, 2.24) is 5.32 Å². The van der Waals surface area contributed by atoms with Crippen LogP contribution in [0.4, 0.5) is 0 Å². The third-order valence-electron chi connectivity index (χ3n) is 3.99. The van der Waals surface area contributed by atoms with Gasteiger partial charge in [-0.25, -0.2) is 0 Å². The van der Waals surface area contributed by atoms with Crippen LogP contribution in [0.15, 0.2) is 48.5 Å². The third-order valence-corrected chi connectivity index (χ3v) is 4.23. The van der Waals surface area contributed by atoms with Crippen LogP contribution in [-0.2, 0) is 11.3 Å². The largest absolute Gasteiger partial charge is 0.497 e. The van der Waals surface area contributed by atoms with Crippen LogP contribution in [0.25, 0.3) is 0 Å². The third kappa shape index (κ3) is 5.25. The molecule has 0 aliphatic heterocycles. The first-order chi connectivity index (χ1) is 11.5. The molecule has 24 heavy (non-hydrogen) atoms. The number of hydrogen-bond donors (Lipinski definition) is 2. The number of nitrogens with one attached hydrogen (secondary N) is 1. The maximum absolute atomic E-state index is 12.3. The summed E-state index contributed by atoms with van der Waals surface area (Å²) in [6, 6.07) is 15.4. The minimum Gasteiger partial charge on any atom is -0.497 e.